The lowest BCUT2D eigenvalue weighted by Crippen LogP contribution is -2.48. The van der Waals surface area contributed by atoms with Gasteiger partial charge in [-0.3, -0.25) is 4.79 Å². The van der Waals surface area contributed by atoms with Gasteiger partial charge >= 0.3 is 0 Å². The number of morpholine rings is 1. The molecule has 1 saturated heterocycles. The van der Waals surface area contributed by atoms with Crippen LogP contribution in [0.15, 0.2) is 30.3 Å². The summed E-state index contributed by atoms with van der Waals surface area (Å²) in [4.78, 5) is 14.8. The highest BCUT2D eigenvalue weighted by atomic mass is 19.1. The number of amides is 1. The van der Waals surface area contributed by atoms with Gasteiger partial charge in [0.1, 0.15) is 5.82 Å². The first-order valence-electron chi connectivity index (χ1n) is 8.26. The van der Waals surface area contributed by atoms with Crippen LogP contribution in [0, 0.1) is 19.7 Å². The van der Waals surface area contributed by atoms with E-state index in [-0.39, 0.29) is 23.9 Å². The summed E-state index contributed by atoms with van der Waals surface area (Å²) < 4.78 is 20.9. The third-order valence-corrected chi connectivity index (χ3v) is 4.45. The van der Waals surface area contributed by atoms with E-state index in [0.717, 1.165) is 17.1 Å². The summed E-state index contributed by atoms with van der Waals surface area (Å²) in [6.45, 7) is 9.05. The maximum absolute atomic E-state index is 13.2. The van der Waals surface area contributed by atoms with Gasteiger partial charge in [-0.2, -0.15) is 0 Å². The summed E-state index contributed by atoms with van der Waals surface area (Å²) in [6, 6.07) is 8.22. The first kappa shape index (κ1) is 16.7. The van der Waals surface area contributed by atoms with Crippen molar-refractivity contribution in [1.82, 2.24) is 9.47 Å². The van der Waals surface area contributed by atoms with Gasteiger partial charge < -0.3 is 14.2 Å². The molecule has 1 aromatic carbocycles. The monoisotopic (exact) mass is 330 g/mol. The lowest BCUT2D eigenvalue weighted by Gasteiger charge is -2.35. The van der Waals surface area contributed by atoms with Crippen LogP contribution in [-0.2, 0) is 4.74 Å². The van der Waals surface area contributed by atoms with E-state index in [0.29, 0.717) is 18.7 Å². The van der Waals surface area contributed by atoms with Crippen LogP contribution in [-0.4, -0.2) is 40.7 Å². The minimum atomic E-state index is -0.270. The fraction of sp³-hybridized carbons (Fsp3) is 0.421. The molecule has 1 amide bonds. The zero-order valence-corrected chi connectivity index (χ0v) is 14.5. The SMILES string of the molecule is Cc1cc(C(=O)N2CC(C)OC(C)C2)c(C)n1-c1ccc(F)cc1. The molecule has 2 aromatic rings. The van der Waals surface area contributed by atoms with Gasteiger partial charge in [-0.25, -0.2) is 4.39 Å². The molecule has 0 N–H and O–H groups in total. The summed E-state index contributed by atoms with van der Waals surface area (Å²) in [5.74, 6) is -0.243. The van der Waals surface area contributed by atoms with Crippen molar-refractivity contribution < 1.29 is 13.9 Å². The van der Waals surface area contributed by atoms with Gasteiger partial charge in [0.05, 0.1) is 17.8 Å². The Labute approximate surface area is 141 Å². The molecule has 1 aliphatic heterocycles. The molecule has 0 bridgehead atoms. The summed E-state index contributed by atoms with van der Waals surface area (Å²) in [5.41, 5.74) is 3.38. The van der Waals surface area contributed by atoms with Gasteiger partial charge in [0.2, 0.25) is 0 Å². The highest BCUT2D eigenvalue weighted by Crippen LogP contribution is 2.23. The van der Waals surface area contributed by atoms with E-state index >= 15 is 0 Å². The lowest BCUT2D eigenvalue weighted by molar-refractivity contribution is -0.0586. The van der Waals surface area contributed by atoms with Gasteiger partial charge in [-0.1, -0.05) is 0 Å². The van der Waals surface area contributed by atoms with Crippen molar-refractivity contribution in [3.63, 3.8) is 0 Å². The van der Waals surface area contributed by atoms with E-state index < -0.39 is 0 Å². The molecule has 24 heavy (non-hydrogen) atoms. The van der Waals surface area contributed by atoms with Crippen molar-refractivity contribution in [2.24, 2.45) is 0 Å². The van der Waals surface area contributed by atoms with E-state index in [2.05, 4.69) is 0 Å². The van der Waals surface area contributed by atoms with Gasteiger partial charge in [-0.05, 0) is 58.0 Å². The Morgan fingerprint density at radius 2 is 1.71 bits per heavy atom. The van der Waals surface area contributed by atoms with Crippen LogP contribution in [0.4, 0.5) is 4.39 Å². The minimum absolute atomic E-state index is 0.0264. The summed E-state index contributed by atoms with van der Waals surface area (Å²) in [6.07, 6.45) is 0.0802. The number of aromatic nitrogens is 1. The first-order valence-corrected chi connectivity index (χ1v) is 8.26. The molecule has 2 unspecified atom stereocenters. The van der Waals surface area contributed by atoms with Crippen molar-refractivity contribution in [2.45, 2.75) is 39.9 Å². The first-order chi connectivity index (χ1) is 11.4. The largest absolute Gasteiger partial charge is 0.372 e. The third kappa shape index (κ3) is 3.08. The van der Waals surface area contributed by atoms with Crippen molar-refractivity contribution in [2.75, 3.05) is 13.1 Å². The number of hydrogen-bond donors (Lipinski definition) is 0. The van der Waals surface area contributed by atoms with Crippen LogP contribution in [0.3, 0.4) is 0 Å². The average Bonchev–Trinajstić information content (AvgIpc) is 2.81. The molecule has 1 aromatic heterocycles. The number of carbonyl (C=O) groups is 1. The fourth-order valence-electron chi connectivity index (χ4n) is 3.48. The lowest BCUT2D eigenvalue weighted by atomic mass is 10.1. The topological polar surface area (TPSA) is 34.5 Å². The number of ether oxygens (including phenoxy) is 1. The zero-order valence-electron chi connectivity index (χ0n) is 14.5. The average molecular weight is 330 g/mol. The molecule has 3 rings (SSSR count). The van der Waals surface area contributed by atoms with Crippen LogP contribution in [0.5, 0.6) is 0 Å². The molecule has 2 heterocycles. The van der Waals surface area contributed by atoms with Crippen LogP contribution in [0.1, 0.15) is 35.6 Å². The van der Waals surface area contributed by atoms with E-state index in [1.54, 1.807) is 12.1 Å². The summed E-state index contributed by atoms with van der Waals surface area (Å²) in [5, 5.41) is 0. The molecule has 4 nitrogen and oxygen atoms in total. The van der Waals surface area contributed by atoms with Crippen molar-refractivity contribution >= 4 is 5.91 Å². The summed E-state index contributed by atoms with van der Waals surface area (Å²) >= 11 is 0. The third-order valence-electron chi connectivity index (χ3n) is 4.45. The predicted molar refractivity (Wildman–Crippen MR) is 91.1 cm³/mol. The molecule has 2 atom stereocenters. The molecule has 0 spiro atoms. The highest BCUT2D eigenvalue weighted by molar-refractivity contribution is 5.96. The molecule has 0 saturated carbocycles. The second-order valence-electron chi connectivity index (χ2n) is 6.56. The van der Waals surface area contributed by atoms with Crippen molar-refractivity contribution in [1.29, 1.82) is 0 Å². The Bertz CT molecular complexity index is 741. The molecular formula is C19H23FN2O2. The van der Waals surface area contributed by atoms with Crippen LogP contribution >= 0.6 is 0 Å². The maximum atomic E-state index is 13.2. The highest BCUT2D eigenvalue weighted by Gasteiger charge is 2.28. The van der Waals surface area contributed by atoms with E-state index in [1.165, 1.54) is 12.1 Å². The zero-order chi connectivity index (χ0) is 17.4. The second kappa shape index (κ2) is 6.40. The molecule has 1 aliphatic rings. The number of hydrogen-bond acceptors (Lipinski definition) is 2. The molecular weight excluding hydrogens is 307 g/mol. The van der Waals surface area contributed by atoms with Crippen LogP contribution < -0.4 is 0 Å². The molecule has 0 aliphatic carbocycles. The molecule has 128 valence electrons. The Kier molecular flexibility index (Phi) is 4.45. The number of benzene rings is 1. The Morgan fingerprint density at radius 3 is 2.29 bits per heavy atom. The van der Waals surface area contributed by atoms with Crippen molar-refractivity contribution in [3.05, 3.63) is 53.1 Å². The van der Waals surface area contributed by atoms with Gasteiger partial charge in [0.15, 0.2) is 0 Å². The molecule has 1 fully saturated rings. The number of carbonyl (C=O) groups excluding carboxylic acids is 1. The standard InChI is InChI=1S/C19H23FN2O2/c1-12-9-18(19(23)21-10-13(2)24-14(3)11-21)15(4)22(12)17-7-5-16(20)6-8-17/h5-9,13-14H,10-11H2,1-4H3. The van der Waals surface area contributed by atoms with E-state index in [4.69, 9.17) is 4.74 Å². The quantitative estimate of drug-likeness (QED) is 0.845. The van der Waals surface area contributed by atoms with Gasteiger partial charge in [-0.15, -0.1) is 0 Å². The van der Waals surface area contributed by atoms with E-state index in [1.807, 2.05) is 43.2 Å². The predicted octanol–water partition coefficient (Wildman–Crippen LogP) is 3.48. The maximum Gasteiger partial charge on any atom is 0.255 e. The number of halogens is 1. The fourth-order valence-corrected chi connectivity index (χ4v) is 3.48. The molecule has 5 heteroatoms. The normalized spacial score (nSPS) is 21.1. The minimum Gasteiger partial charge on any atom is -0.372 e. The Hall–Kier alpha value is -2.14. The van der Waals surface area contributed by atoms with Gasteiger partial charge in [0.25, 0.3) is 5.91 Å². The second-order valence-corrected chi connectivity index (χ2v) is 6.56. The Balaban J connectivity index is 1.93. The Morgan fingerprint density at radius 1 is 1.12 bits per heavy atom. The van der Waals surface area contributed by atoms with Crippen LogP contribution in [0.2, 0.25) is 0 Å². The number of rotatable bonds is 2. The smallest absolute Gasteiger partial charge is 0.255 e. The van der Waals surface area contributed by atoms with Crippen LogP contribution in [0.25, 0.3) is 5.69 Å². The van der Waals surface area contributed by atoms with Gasteiger partial charge in [0, 0.05) is 30.2 Å². The number of aryl methyl sites for hydroxylation is 1. The molecule has 0 radical (unpaired) electrons. The summed E-state index contributed by atoms with van der Waals surface area (Å²) in [7, 11) is 0. The van der Waals surface area contributed by atoms with E-state index in [9.17, 15) is 9.18 Å². The van der Waals surface area contributed by atoms with Crippen molar-refractivity contribution in [3.8, 4) is 5.69 Å². The number of nitrogens with zero attached hydrogens (tertiary/aromatic N) is 2.